The molecule has 0 aliphatic carbocycles. The zero-order chi connectivity index (χ0) is 12.2. The molecule has 0 aromatic rings. The molecule has 18 heavy (non-hydrogen) atoms. The smallest absolute Gasteiger partial charge is 0.0111 e. The van der Waals surface area contributed by atoms with E-state index in [2.05, 4.69) is 26.9 Å². The first-order valence-corrected chi connectivity index (χ1v) is 8.85. The minimum absolute atomic E-state index is 0.795. The number of rotatable bonds is 4. The van der Waals surface area contributed by atoms with Crippen molar-refractivity contribution in [2.75, 3.05) is 50.8 Å². The average molecular weight is 269 g/mol. The fourth-order valence-corrected chi connectivity index (χ4v) is 4.64. The SMILES string of the molecule is C1CC2CC(NCCN3CCSCC3)CCN2C1. The van der Waals surface area contributed by atoms with Gasteiger partial charge >= 0.3 is 0 Å². The summed E-state index contributed by atoms with van der Waals surface area (Å²) < 4.78 is 0. The van der Waals surface area contributed by atoms with Gasteiger partial charge in [-0.05, 0) is 38.8 Å². The second kappa shape index (κ2) is 6.60. The molecular formula is C14H27N3S. The molecular weight excluding hydrogens is 242 g/mol. The maximum atomic E-state index is 3.81. The first-order valence-electron chi connectivity index (χ1n) is 7.69. The minimum Gasteiger partial charge on any atom is -0.313 e. The highest BCUT2D eigenvalue weighted by Crippen LogP contribution is 2.26. The summed E-state index contributed by atoms with van der Waals surface area (Å²) in [5, 5.41) is 3.81. The number of nitrogens with one attached hydrogen (secondary N) is 1. The summed E-state index contributed by atoms with van der Waals surface area (Å²) in [6.07, 6.45) is 5.65. The van der Waals surface area contributed by atoms with E-state index < -0.39 is 0 Å². The van der Waals surface area contributed by atoms with E-state index in [4.69, 9.17) is 0 Å². The lowest BCUT2D eigenvalue weighted by atomic mass is 9.97. The molecule has 0 amide bonds. The molecule has 0 bridgehead atoms. The molecule has 4 heteroatoms. The fraction of sp³-hybridized carbons (Fsp3) is 1.00. The van der Waals surface area contributed by atoms with Crippen LogP contribution in [-0.2, 0) is 0 Å². The summed E-state index contributed by atoms with van der Waals surface area (Å²) in [6.45, 7) is 7.75. The molecule has 0 spiro atoms. The van der Waals surface area contributed by atoms with Gasteiger partial charge in [-0.3, -0.25) is 0 Å². The van der Waals surface area contributed by atoms with E-state index in [-0.39, 0.29) is 0 Å². The van der Waals surface area contributed by atoms with Gasteiger partial charge in [0.1, 0.15) is 0 Å². The van der Waals surface area contributed by atoms with Crippen molar-refractivity contribution in [2.45, 2.75) is 37.8 Å². The summed E-state index contributed by atoms with van der Waals surface area (Å²) >= 11 is 2.10. The lowest BCUT2D eigenvalue weighted by Crippen LogP contribution is -2.47. The topological polar surface area (TPSA) is 18.5 Å². The second-order valence-electron chi connectivity index (χ2n) is 5.96. The van der Waals surface area contributed by atoms with Gasteiger partial charge < -0.3 is 15.1 Å². The van der Waals surface area contributed by atoms with Crippen LogP contribution in [0.3, 0.4) is 0 Å². The molecule has 0 saturated carbocycles. The molecule has 3 saturated heterocycles. The van der Waals surface area contributed by atoms with E-state index in [0.717, 1.165) is 12.1 Å². The van der Waals surface area contributed by atoms with Gasteiger partial charge in [-0.25, -0.2) is 0 Å². The van der Waals surface area contributed by atoms with Gasteiger partial charge in [0.25, 0.3) is 0 Å². The van der Waals surface area contributed by atoms with Crippen LogP contribution in [0.15, 0.2) is 0 Å². The third-order valence-electron chi connectivity index (χ3n) is 4.79. The maximum absolute atomic E-state index is 3.81. The molecule has 3 nitrogen and oxygen atoms in total. The zero-order valence-electron chi connectivity index (χ0n) is 11.4. The van der Waals surface area contributed by atoms with Crippen LogP contribution in [0.25, 0.3) is 0 Å². The summed E-state index contributed by atoms with van der Waals surface area (Å²) in [5.41, 5.74) is 0. The van der Waals surface area contributed by atoms with Crippen LogP contribution in [0.2, 0.25) is 0 Å². The summed E-state index contributed by atoms with van der Waals surface area (Å²) in [6, 6.07) is 1.70. The predicted octanol–water partition coefficient (Wildman–Crippen LogP) is 1.25. The number of hydrogen-bond acceptors (Lipinski definition) is 4. The van der Waals surface area contributed by atoms with Gasteiger partial charge in [-0.2, -0.15) is 11.8 Å². The molecule has 104 valence electrons. The van der Waals surface area contributed by atoms with Crippen LogP contribution in [0, 0.1) is 0 Å². The van der Waals surface area contributed by atoms with Crippen LogP contribution in [0.5, 0.6) is 0 Å². The van der Waals surface area contributed by atoms with Crippen molar-refractivity contribution in [3.8, 4) is 0 Å². The molecule has 2 atom stereocenters. The minimum atomic E-state index is 0.795. The Morgan fingerprint density at radius 2 is 1.94 bits per heavy atom. The normalized spacial score (nSPS) is 34.7. The Kier molecular flexibility index (Phi) is 4.85. The monoisotopic (exact) mass is 269 g/mol. The Morgan fingerprint density at radius 1 is 1.06 bits per heavy atom. The van der Waals surface area contributed by atoms with E-state index in [1.807, 2.05) is 0 Å². The van der Waals surface area contributed by atoms with Gasteiger partial charge in [0.2, 0.25) is 0 Å². The molecule has 0 radical (unpaired) electrons. The van der Waals surface area contributed by atoms with Crippen LogP contribution < -0.4 is 5.32 Å². The molecule has 3 aliphatic heterocycles. The van der Waals surface area contributed by atoms with Crippen LogP contribution >= 0.6 is 11.8 Å². The Balaban J connectivity index is 1.33. The molecule has 3 aliphatic rings. The largest absolute Gasteiger partial charge is 0.313 e. The molecule has 3 rings (SSSR count). The molecule has 2 unspecified atom stereocenters. The number of fused-ring (bicyclic) bond motifs is 1. The third kappa shape index (κ3) is 3.41. The first kappa shape index (κ1) is 13.2. The number of nitrogens with zero attached hydrogens (tertiary/aromatic N) is 2. The summed E-state index contributed by atoms with van der Waals surface area (Å²) in [7, 11) is 0. The maximum Gasteiger partial charge on any atom is 0.0111 e. The van der Waals surface area contributed by atoms with Crippen molar-refractivity contribution in [3.05, 3.63) is 0 Å². The number of piperidine rings is 1. The number of hydrogen-bond donors (Lipinski definition) is 1. The van der Waals surface area contributed by atoms with Crippen molar-refractivity contribution < 1.29 is 0 Å². The van der Waals surface area contributed by atoms with Crippen molar-refractivity contribution in [1.82, 2.24) is 15.1 Å². The highest BCUT2D eigenvalue weighted by atomic mass is 32.2. The lowest BCUT2D eigenvalue weighted by molar-refractivity contribution is 0.164. The summed E-state index contributed by atoms with van der Waals surface area (Å²) in [5.74, 6) is 2.67. The van der Waals surface area contributed by atoms with Crippen LogP contribution in [-0.4, -0.2) is 72.7 Å². The molecule has 3 fully saturated rings. The van der Waals surface area contributed by atoms with Crippen molar-refractivity contribution in [1.29, 1.82) is 0 Å². The second-order valence-corrected chi connectivity index (χ2v) is 7.19. The highest BCUT2D eigenvalue weighted by molar-refractivity contribution is 7.99. The quantitative estimate of drug-likeness (QED) is 0.828. The molecule has 0 aromatic heterocycles. The third-order valence-corrected chi connectivity index (χ3v) is 5.73. The lowest BCUT2D eigenvalue weighted by Gasteiger charge is -2.35. The van der Waals surface area contributed by atoms with E-state index in [1.54, 1.807) is 0 Å². The highest BCUT2D eigenvalue weighted by Gasteiger charge is 2.31. The molecule has 1 N–H and O–H groups in total. The fourth-order valence-electron chi connectivity index (χ4n) is 3.66. The van der Waals surface area contributed by atoms with Gasteiger partial charge in [-0.1, -0.05) is 0 Å². The number of thioether (sulfide) groups is 1. The Morgan fingerprint density at radius 3 is 2.83 bits per heavy atom. The van der Waals surface area contributed by atoms with Gasteiger partial charge in [0.05, 0.1) is 0 Å². The van der Waals surface area contributed by atoms with Crippen molar-refractivity contribution >= 4 is 11.8 Å². The molecule has 0 aromatic carbocycles. The van der Waals surface area contributed by atoms with E-state index in [9.17, 15) is 0 Å². The van der Waals surface area contributed by atoms with Gasteiger partial charge in [0.15, 0.2) is 0 Å². The first-order chi connectivity index (χ1) is 8.92. The van der Waals surface area contributed by atoms with Crippen LogP contribution in [0.1, 0.15) is 25.7 Å². The molecule has 3 heterocycles. The van der Waals surface area contributed by atoms with Gasteiger partial charge in [-0.15, -0.1) is 0 Å². The van der Waals surface area contributed by atoms with Gasteiger partial charge in [0, 0.05) is 49.8 Å². The van der Waals surface area contributed by atoms with E-state index in [1.165, 1.54) is 76.5 Å². The van der Waals surface area contributed by atoms with E-state index in [0.29, 0.717) is 0 Å². The summed E-state index contributed by atoms with van der Waals surface area (Å²) in [4.78, 5) is 5.33. The Hall–Kier alpha value is 0.230. The van der Waals surface area contributed by atoms with E-state index >= 15 is 0 Å². The zero-order valence-corrected chi connectivity index (χ0v) is 12.3. The Bertz CT molecular complexity index is 255. The average Bonchev–Trinajstić information content (AvgIpc) is 2.87. The predicted molar refractivity (Wildman–Crippen MR) is 79.4 cm³/mol. The standard InChI is InChI=1S/C14H27N3S/c1-2-14-12-13(3-6-17(14)5-1)15-4-7-16-8-10-18-11-9-16/h13-15H,1-12H2. The Labute approximate surface area is 116 Å². The van der Waals surface area contributed by atoms with Crippen molar-refractivity contribution in [2.24, 2.45) is 0 Å². The van der Waals surface area contributed by atoms with Crippen LogP contribution in [0.4, 0.5) is 0 Å². The van der Waals surface area contributed by atoms with Crippen molar-refractivity contribution in [3.63, 3.8) is 0 Å².